The first-order chi connectivity index (χ1) is 14.8. The van der Waals surface area contributed by atoms with Crippen molar-refractivity contribution < 1.29 is 8.42 Å². The van der Waals surface area contributed by atoms with E-state index in [2.05, 4.69) is 41.4 Å². The maximum atomic E-state index is 13.5. The number of hydrogen-bond donors (Lipinski definition) is 2. The summed E-state index contributed by atoms with van der Waals surface area (Å²) in [6.07, 6.45) is 3.92. The molecule has 1 atom stereocenters. The third-order valence-electron chi connectivity index (χ3n) is 6.97. The summed E-state index contributed by atoms with van der Waals surface area (Å²) in [6, 6.07) is 12.4. The summed E-state index contributed by atoms with van der Waals surface area (Å²) < 4.78 is 28.4. The Morgan fingerprint density at radius 1 is 1.03 bits per heavy atom. The van der Waals surface area contributed by atoms with Gasteiger partial charge in [0.05, 0.1) is 11.3 Å². The molecule has 0 unspecified atom stereocenters. The van der Waals surface area contributed by atoms with E-state index in [1.807, 2.05) is 26.0 Å². The van der Waals surface area contributed by atoms with Gasteiger partial charge < -0.3 is 5.32 Å². The summed E-state index contributed by atoms with van der Waals surface area (Å²) in [5, 5.41) is 14.3. The molecule has 1 saturated carbocycles. The Morgan fingerprint density at radius 3 is 2.39 bits per heavy atom. The zero-order valence-corrected chi connectivity index (χ0v) is 19.5. The molecule has 1 aromatic heterocycles. The molecule has 1 aliphatic heterocycles. The van der Waals surface area contributed by atoms with Crippen LogP contribution < -0.4 is 5.32 Å². The fraction of sp³-hybridized carbons (Fsp3) is 0.400. The van der Waals surface area contributed by atoms with E-state index < -0.39 is 20.1 Å². The predicted octanol–water partition coefficient (Wildman–Crippen LogP) is 5.34. The molecule has 3 aromatic rings. The van der Waals surface area contributed by atoms with E-state index in [1.54, 1.807) is 11.3 Å². The zero-order valence-electron chi connectivity index (χ0n) is 17.8. The molecule has 0 bridgehead atoms. The summed E-state index contributed by atoms with van der Waals surface area (Å²) >= 11 is 1.73. The molecule has 2 N–H and O–H groups in total. The number of amidine groups is 1. The monoisotopic (exact) mass is 450 g/mol. The molecule has 1 aliphatic carbocycles. The molecule has 4 nitrogen and oxygen atoms in total. The highest BCUT2D eigenvalue weighted by molar-refractivity contribution is 7.93. The quantitative estimate of drug-likeness (QED) is 0.492. The van der Waals surface area contributed by atoms with Gasteiger partial charge in [0.15, 0.2) is 9.84 Å². The van der Waals surface area contributed by atoms with Crippen LogP contribution in [0.2, 0.25) is 0 Å². The highest BCUT2D eigenvalue weighted by Gasteiger charge is 2.56. The molecule has 6 heteroatoms. The van der Waals surface area contributed by atoms with Crippen molar-refractivity contribution in [2.75, 3.05) is 5.75 Å². The lowest BCUT2D eigenvalue weighted by Gasteiger charge is -2.47. The Bertz CT molecular complexity index is 1390. The molecule has 31 heavy (non-hydrogen) atoms. The van der Waals surface area contributed by atoms with Crippen LogP contribution in [-0.2, 0) is 15.4 Å². The van der Waals surface area contributed by atoms with Crippen LogP contribution in [0, 0.1) is 17.3 Å². The van der Waals surface area contributed by atoms with Crippen molar-refractivity contribution in [1.29, 1.82) is 5.41 Å². The van der Waals surface area contributed by atoms with E-state index in [4.69, 9.17) is 5.41 Å². The van der Waals surface area contributed by atoms with Crippen molar-refractivity contribution in [3.63, 3.8) is 0 Å². The Morgan fingerprint density at radius 2 is 1.71 bits per heavy atom. The van der Waals surface area contributed by atoms with Crippen molar-refractivity contribution in [2.24, 2.45) is 0 Å². The second-order valence-electron chi connectivity index (χ2n) is 9.05. The average molecular weight is 451 g/mol. The van der Waals surface area contributed by atoms with Gasteiger partial charge in [0.1, 0.15) is 10.6 Å². The minimum Gasteiger partial charge on any atom is -0.362 e. The van der Waals surface area contributed by atoms with Crippen molar-refractivity contribution in [1.82, 2.24) is 5.32 Å². The van der Waals surface area contributed by atoms with Crippen molar-refractivity contribution in [3.05, 3.63) is 47.5 Å². The first-order valence-electron chi connectivity index (χ1n) is 10.8. The van der Waals surface area contributed by atoms with E-state index in [0.29, 0.717) is 12.8 Å². The van der Waals surface area contributed by atoms with Gasteiger partial charge in [-0.05, 0) is 62.6 Å². The SMILES string of the molecule is CC#Cc1ccc2sc3ccc([C@]4(C)CS(=O)(=O)C5(CCCCC5)C(=N)N4)cc3c2c1. The van der Waals surface area contributed by atoms with Crippen LogP contribution in [0.3, 0.4) is 0 Å². The van der Waals surface area contributed by atoms with Gasteiger partial charge in [0, 0.05) is 25.7 Å². The molecule has 1 spiro atoms. The maximum Gasteiger partial charge on any atom is 0.165 e. The van der Waals surface area contributed by atoms with Gasteiger partial charge in [-0.15, -0.1) is 17.3 Å². The van der Waals surface area contributed by atoms with Gasteiger partial charge in [-0.25, -0.2) is 8.42 Å². The second kappa shape index (κ2) is 7.08. The Kier molecular flexibility index (Phi) is 4.69. The fourth-order valence-electron chi connectivity index (χ4n) is 5.28. The predicted molar refractivity (Wildman–Crippen MR) is 130 cm³/mol. The van der Waals surface area contributed by atoms with Crippen LogP contribution in [0.4, 0.5) is 0 Å². The Labute approximate surface area is 187 Å². The lowest BCUT2D eigenvalue weighted by atomic mass is 9.84. The summed E-state index contributed by atoms with van der Waals surface area (Å²) in [4.78, 5) is 0. The van der Waals surface area contributed by atoms with Gasteiger partial charge in [-0.1, -0.05) is 31.2 Å². The number of rotatable bonds is 1. The van der Waals surface area contributed by atoms with Crippen LogP contribution >= 0.6 is 11.3 Å². The summed E-state index contributed by atoms with van der Waals surface area (Å²) in [6.45, 7) is 3.75. The molecule has 2 heterocycles. The topological polar surface area (TPSA) is 70.0 Å². The molecular formula is C25H26N2O2S2. The molecular weight excluding hydrogens is 424 g/mol. The Hall–Kier alpha value is -2.36. The molecule has 0 amide bonds. The first-order valence-corrected chi connectivity index (χ1v) is 13.2. The second-order valence-corrected chi connectivity index (χ2v) is 12.4. The van der Waals surface area contributed by atoms with Crippen molar-refractivity contribution in [2.45, 2.75) is 56.2 Å². The summed E-state index contributed by atoms with van der Waals surface area (Å²) in [7, 11) is -3.45. The lowest BCUT2D eigenvalue weighted by molar-refractivity contribution is 0.381. The first kappa shape index (κ1) is 20.5. The van der Waals surface area contributed by atoms with E-state index in [9.17, 15) is 8.42 Å². The standard InChI is InChI=1S/C25H26N2O2S2/c1-3-7-17-8-10-21-19(14-17)20-15-18(9-11-22(20)30-21)24(2)16-31(28,29)25(23(26)27-24)12-5-4-6-13-25/h8-11,14-15H,4-6,12-13,16H2,1-2H3,(H2,26,27)/t24-/m0/s1. The van der Waals surface area contributed by atoms with Crippen molar-refractivity contribution >= 4 is 47.2 Å². The summed E-state index contributed by atoms with van der Waals surface area (Å²) in [5.41, 5.74) is 1.07. The van der Waals surface area contributed by atoms with Gasteiger partial charge in [0.2, 0.25) is 0 Å². The van der Waals surface area contributed by atoms with E-state index >= 15 is 0 Å². The van der Waals surface area contributed by atoms with Gasteiger partial charge in [0.25, 0.3) is 0 Å². The van der Waals surface area contributed by atoms with E-state index in [0.717, 1.165) is 41.2 Å². The maximum absolute atomic E-state index is 13.5. The van der Waals surface area contributed by atoms with Crippen LogP contribution in [0.1, 0.15) is 57.1 Å². The highest BCUT2D eigenvalue weighted by atomic mass is 32.2. The zero-order chi connectivity index (χ0) is 21.9. The van der Waals surface area contributed by atoms with Crippen LogP contribution in [0.15, 0.2) is 36.4 Å². The van der Waals surface area contributed by atoms with Crippen LogP contribution in [0.25, 0.3) is 20.2 Å². The smallest absolute Gasteiger partial charge is 0.165 e. The normalized spacial score (nSPS) is 24.6. The number of sulfone groups is 1. The molecule has 5 rings (SSSR count). The minimum atomic E-state index is -3.45. The van der Waals surface area contributed by atoms with Crippen LogP contribution in [0.5, 0.6) is 0 Å². The lowest BCUT2D eigenvalue weighted by Crippen LogP contribution is -2.66. The molecule has 2 fully saturated rings. The average Bonchev–Trinajstić information content (AvgIpc) is 3.10. The van der Waals surface area contributed by atoms with E-state index in [1.165, 1.54) is 9.40 Å². The molecule has 160 valence electrons. The molecule has 2 aromatic carbocycles. The van der Waals surface area contributed by atoms with Crippen molar-refractivity contribution in [3.8, 4) is 11.8 Å². The molecule has 0 radical (unpaired) electrons. The number of fused-ring (bicyclic) bond motifs is 3. The number of hydrogen-bond acceptors (Lipinski definition) is 4. The third kappa shape index (κ3) is 3.09. The van der Waals surface area contributed by atoms with Gasteiger partial charge >= 0.3 is 0 Å². The Balaban J connectivity index is 1.61. The van der Waals surface area contributed by atoms with E-state index in [-0.39, 0.29) is 11.6 Å². The van der Waals surface area contributed by atoms with Crippen LogP contribution in [-0.4, -0.2) is 24.8 Å². The van der Waals surface area contributed by atoms with Gasteiger partial charge in [-0.3, -0.25) is 5.41 Å². The largest absolute Gasteiger partial charge is 0.362 e. The molecule has 1 saturated heterocycles. The fourth-order valence-corrected chi connectivity index (χ4v) is 8.90. The summed E-state index contributed by atoms with van der Waals surface area (Å²) in [5.74, 6) is 6.27. The highest BCUT2D eigenvalue weighted by Crippen LogP contribution is 2.44. The molecule has 2 aliphatic rings. The number of benzene rings is 2. The third-order valence-corrected chi connectivity index (χ3v) is 10.9. The number of nitrogens with one attached hydrogen (secondary N) is 2. The van der Waals surface area contributed by atoms with Gasteiger partial charge in [-0.2, -0.15) is 0 Å². The number of thiophene rings is 1. The minimum absolute atomic E-state index is 0.0164.